The van der Waals surface area contributed by atoms with Crippen molar-refractivity contribution in [1.29, 1.82) is 0 Å². The van der Waals surface area contributed by atoms with Crippen molar-refractivity contribution >= 4 is 5.91 Å². The van der Waals surface area contributed by atoms with E-state index in [4.69, 9.17) is 0 Å². The summed E-state index contributed by atoms with van der Waals surface area (Å²) in [7, 11) is 4.24. The number of likely N-dealkylation sites (tertiary alicyclic amines) is 1. The van der Waals surface area contributed by atoms with Crippen molar-refractivity contribution in [2.24, 2.45) is 0 Å². The number of amides is 1. The van der Waals surface area contributed by atoms with Gasteiger partial charge < -0.3 is 15.1 Å². The average molecular weight is 255 g/mol. The Morgan fingerprint density at radius 3 is 2.28 bits per heavy atom. The van der Waals surface area contributed by atoms with Gasteiger partial charge in [-0.05, 0) is 47.7 Å². The number of carbonyl (C=O) groups is 1. The number of hydrogen-bond acceptors (Lipinski definition) is 3. The quantitative estimate of drug-likeness (QED) is 0.823. The van der Waals surface area contributed by atoms with Crippen LogP contribution in [-0.4, -0.2) is 61.0 Å². The molecule has 0 bridgehead atoms. The van der Waals surface area contributed by atoms with Gasteiger partial charge in [0, 0.05) is 37.6 Å². The van der Waals surface area contributed by atoms with Crippen molar-refractivity contribution in [1.82, 2.24) is 15.1 Å². The van der Waals surface area contributed by atoms with E-state index < -0.39 is 0 Å². The highest BCUT2D eigenvalue weighted by Gasteiger charge is 2.23. The average Bonchev–Trinajstić information content (AvgIpc) is 2.27. The summed E-state index contributed by atoms with van der Waals surface area (Å²) in [6.07, 6.45) is 2.82. The molecule has 1 amide bonds. The minimum Gasteiger partial charge on any atom is -0.343 e. The van der Waals surface area contributed by atoms with Crippen LogP contribution in [0.15, 0.2) is 0 Å². The minimum atomic E-state index is 0.0954. The minimum absolute atomic E-state index is 0.0954. The molecule has 1 saturated heterocycles. The molecule has 0 saturated carbocycles. The summed E-state index contributed by atoms with van der Waals surface area (Å²) in [5, 5.41) is 3.36. The largest absolute Gasteiger partial charge is 0.343 e. The summed E-state index contributed by atoms with van der Waals surface area (Å²) in [5.41, 5.74) is 0.0954. The second-order valence-electron chi connectivity index (χ2n) is 6.50. The predicted molar refractivity (Wildman–Crippen MR) is 75.7 cm³/mol. The maximum Gasteiger partial charge on any atom is 0.223 e. The predicted octanol–water partition coefficient (Wildman–Crippen LogP) is 1.32. The van der Waals surface area contributed by atoms with Gasteiger partial charge >= 0.3 is 0 Å². The SMILES string of the molecule is CN(C)C1CCN(C(=O)CCNC(C)(C)C)CC1. The van der Waals surface area contributed by atoms with E-state index in [0.717, 1.165) is 32.5 Å². The molecule has 0 spiro atoms. The fraction of sp³-hybridized carbons (Fsp3) is 0.929. The highest BCUT2D eigenvalue weighted by atomic mass is 16.2. The first-order valence-corrected chi connectivity index (χ1v) is 6.99. The Hall–Kier alpha value is -0.610. The first kappa shape index (κ1) is 15.4. The van der Waals surface area contributed by atoms with Crippen molar-refractivity contribution in [3.8, 4) is 0 Å². The van der Waals surface area contributed by atoms with E-state index in [-0.39, 0.29) is 5.54 Å². The Labute approximate surface area is 112 Å². The first-order valence-electron chi connectivity index (χ1n) is 6.99. The van der Waals surface area contributed by atoms with E-state index in [2.05, 4.69) is 45.1 Å². The molecule has 0 aromatic rings. The monoisotopic (exact) mass is 255 g/mol. The molecule has 0 aromatic carbocycles. The van der Waals surface area contributed by atoms with Gasteiger partial charge in [-0.1, -0.05) is 0 Å². The highest BCUT2D eigenvalue weighted by molar-refractivity contribution is 5.76. The van der Waals surface area contributed by atoms with Crippen LogP contribution in [0.2, 0.25) is 0 Å². The van der Waals surface area contributed by atoms with Crippen LogP contribution in [0, 0.1) is 0 Å². The highest BCUT2D eigenvalue weighted by Crippen LogP contribution is 2.14. The van der Waals surface area contributed by atoms with Crippen molar-refractivity contribution in [2.75, 3.05) is 33.7 Å². The fourth-order valence-corrected chi connectivity index (χ4v) is 2.33. The molecule has 1 rings (SSSR count). The molecule has 1 N–H and O–H groups in total. The number of nitrogens with zero attached hydrogens (tertiary/aromatic N) is 2. The number of rotatable bonds is 4. The second-order valence-corrected chi connectivity index (χ2v) is 6.50. The van der Waals surface area contributed by atoms with Crippen molar-refractivity contribution in [2.45, 2.75) is 51.6 Å². The fourth-order valence-electron chi connectivity index (χ4n) is 2.33. The molecule has 0 unspecified atom stereocenters. The number of carbonyl (C=O) groups excluding carboxylic acids is 1. The van der Waals surface area contributed by atoms with Crippen LogP contribution in [0.1, 0.15) is 40.0 Å². The molecule has 4 heteroatoms. The third kappa shape index (κ3) is 5.36. The summed E-state index contributed by atoms with van der Waals surface area (Å²) in [6, 6.07) is 0.641. The Bertz CT molecular complexity index is 263. The van der Waals surface area contributed by atoms with Gasteiger partial charge in [-0.3, -0.25) is 4.79 Å². The van der Waals surface area contributed by atoms with Crippen molar-refractivity contribution < 1.29 is 4.79 Å². The van der Waals surface area contributed by atoms with Crippen LogP contribution in [0.3, 0.4) is 0 Å². The summed E-state index contributed by atoms with van der Waals surface area (Å²) >= 11 is 0. The van der Waals surface area contributed by atoms with Crippen LogP contribution in [0.4, 0.5) is 0 Å². The molecule has 0 aliphatic carbocycles. The van der Waals surface area contributed by atoms with Gasteiger partial charge in [-0.2, -0.15) is 0 Å². The molecule has 1 fully saturated rings. The van der Waals surface area contributed by atoms with Crippen LogP contribution in [-0.2, 0) is 4.79 Å². The lowest BCUT2D eigenvalue weighted by molar-refractivity contribution is -0.132. The third-order valence-electron chi connectivity index (χ3n) is 3.54. The van der Waals surface area contributed by atoms with Crippen LogP contribution < -0.4 is 5.32 Å². The van der Waals surface area contributed by atoms with Gasteiger partial charge in [0.2, 0.25) is 5.91 Å². The van der Waals surface area contributed by atoms with Gasteiger partial charge in [0.15, 0.2) is 0 Å². The maximum atomic E-state index is 12.0. The number of nitrogens with one attached hydrogen (secondary N) is 1. The smallest absolute Gasteiger partial charge is 0.223 e. The zero-order valence-electron chi connectivity index (χ0n) is 12.6. The maximum absolute atomic E-state index is 12.0. The van der Waals surface area contributed by atoms with Crippen molar-refractivity contribution in [3.63, 3.8) is 0 Å². The topological polar surface area (TPSA) is 35.6 Å². The summed E-state index contributed by atoms with van der Waals surface area (Å²) in [6.45, 7) is 8.98. The lowest BCUT2D eigenvalue weighted by atomic mass is 10.0. The zero-order valence-corrected chi connectivity index (χ0v) is 12.6. The Kier molecular flexibility index (Phi) is 5.60. The molecule has 1 heterocycles. The normalized spacial score (nSPS) is 18.4. The molecule has 0 radical (unpaired) electrons. The van der Waals surface area contributed by atoms with Gasteiger partial charge in [-0.15, -0.1) is 0 Å². The van der Waals surface area contributed by atoms with Gasteiger partial charge in [0.05, 0.1) is 0 Å². The second kappa shape index (κ2) is 6.53. The van der Waals surface area contributed by atoms with E-state index in [1.165, 1.54) is 0 Å². The van der Waals surface area contributed by atoms with Gasteiger partial charge in [0.1, 0.15) is 0 Å². The molecule has 1 aliphatic rings. The van der Waals surface area contributed by atoms with Crippen molar-refractivity contribution in [3.05, 3.63) is 0 Å². The van der Waals surface area contributed by atoms with E-state index in [9.17, 15) is 4.79 Å². The van der Waals surface area contributed by atoms with E-state index in [1.807, 2.05) is 4.90 Å². The Morgan fingerprint density at radius 2 is 1.83 bits per heavy atom. The lowest BCUT2D eigenvalue weighted by Crippen LogP contribution is -2.45. The van der Waals surface area contributed by atoms with E-state index in [1.54, 1.807) is 0 Å². The standard InChI is InChI=1S/C14H29N3O/c1-14(2,3)15-9-6-13(18)17-10-7-12(8-11-17)16(4)5/h12,15H,6-11H2,1-5H3. The molecular weight excluding hydrogens is 226 g/mol. The molecular formula is C14H29N3O. The molecule has 0 aromatic heterocycles. The molecule has 1 aliphatic heterocycles. The lowest BCUT2D eigenvalue weighted by Gasteiger charge is -2.35. The molecule has 4 nitrogen and oxygen atoms in total. The van der Waals surface area contributed by atoms with E-state index in [0.29, 0.717) is 18.4 Å². The summed E-state index contributed by atoms with van der Waals surface area (Å²) in [4.78, 5) is 16.3. The summed E-state index contributed by atoms with van der Waals surface area (Å²) < 4.78 is 0. The number of piperidine rings is 1. The number of hydrogen-bond donors (Lipinski definition) is 1. The molecule has 18 heavy (non-hydrogen) atoms. The van der Waals surface area contributed by atoms with Crippen LogP contribution in [0.25, 0.3) is 0 Å². The zero-order chi connectivity index (χ0) is 13.8. The molecule has 106 valence electrons. The Morgan fingerprint density at radius 1 is 1.28 bits per heavy atom. The molecule has 0 atom stereocenters. The van der Waals surface area contributed by atoms with Crippen LogP contribution >= 0.6 is 0 Å². The first-order chi connectivity index (χ1) is 8.29. The van der Waals surface area contributed by atoms with E-state index >= 15 is 0 Å². The third-order valence-corrected chi connectivity index (χ3v) is 3.54. The Balaban J connectivity index is 2.24. The van der Waals surface area contributed by atoms with Gasteiger partial charge in [0.25, 0.3) is 0 Å². The van der Waals surface area contributed by atoms with Crippen LogP contribution in [0.5, 0.6) is 0 Å². The van der Waals surface area contributed by atoms with Gasteiger partial charge in [-0.25, -0.2) is 0 Å². The summed E-state index contributed by atoms with van der Waals surface area (Å²) in [5.74, 6) is 0.295.